The van der Waals surface area contributed by atoms with Gasteiger partial charge in [0.05, 0.1) is 11.3 Å². The van der Waals surface area contributed by atoms with Crippen molar-refractivity contribution >= 4 is 11.4 Å². The van der Waals surface area contributed by atoms with E-state index in [0.717, 1.165) is 30.7 Å². The van der Waals surface area contributed by atoms with Crippen LogP contribution >= 0.6 is 0 Å². The van der Waals surface area contributed by atoms with Crippen molar-refractivity contribution in [2.45, 2.75) is 25.3 Å². The van der Waals surface area contributed by atoms with Gasteiger partial charge in [-0.25, -0.2) is 0 Å². The maximum atomic E-state index is 8.95. The lowest BCUT2D eigenvalue weighted by atomic mass is 9.84. The molecule has 4 nitrogen and oxygen atoms in total. The SMILES string of the molecule is CN1CCCC2CN(c3ccc(C#N)c(N)c3)CCC21. The van der Waals surface area contributed by atoms with Gasteiger partial charge in [0.25, 0.3) is 0 Å². The maximum Gasteiger partial charge on any atom is 0.101 e. The molecule has 0 amide bonds. The summed E-state index contributed by atoms with van der Waals surface area (Å²) in [6, 6.07) is 8.69. The van der Waals surface area contributed by atoms with Crippen LogP contribution in [0.3, 0.4) is 0 Å². The molecule has 2 N–H and O–H groups in total. The van der Waals surface area contributed by atoms with Crippen molar-refractivity contribution in [2.24, 2.45) is 5.92 Å². The van der Waals surface area contributed by atoms with Crippen LogP contribution in [0.4, 0.5) is 11.4 Å². The predicted molar refractivity (Wildman–Crippen MR) is 81.5 cm³/mol. The second kappa shape index (κ2) is 5.34. The molecule has 0 aliphatic carbocycles. The molecule has 20 heavy (non-hydrogen) atoms. The quantitative estimate of drug-likeness (QED) is 0.794. The molecule has 2 saturated heterocycles. The average Bonchev–Trinajstić information content (AvgIpc) is 2.47. The molecule has 0 radical (unpaired) electrons. The van der Waals surface area contributed by atoms with E-state index in [4.69, 9.17) is 11.0 Å². The summed E-state index contributed by atoms with van der Waals surface area (Å²) in [6.45, 7) is 3.43. The minimum absolute atomic E-state index is 0.570. The highest BCUT2D eigenvalue weighted by Gasteiger charge is 2.34. The molecule has 2 atom stereocenters. The zero-order valence-electron chi connectivity index (χ0n) is 12.0. The minimum Gasteiger partial charge on any atom is -0.398 e. The third-order valence-corrected chi connectivity index (χ3v) is 4.87. The Morgan fingerprint density at radius 3 is 2.90 bits per heavy atom. The average molecular weight is 270 g/mol. The van der Waals surface area contributed by atoms with E-state index in [1.54, 1.807) is 0 Å². The molecule has 2 fully saturated rings. The van der Waals surface area contributed by atoms with Crippen molar-refractivity contribution in [2.75, 3.05) is 37.3 Å². The molecule has 0 spiro atoms. The number of rotatable bonds is 1. The van der Waals surface area contributed by atoms with Crippen molar-refractivity contribution in [1.82, 2.24) is 4.90 Å². The first-order valence-electron chi connectivity index (χ1n) is 7.44. The second-order valence-electron chi connectivity index (χ2n) is 6.07. The summed E-state index contributed by atoms with van der Waals surface area (Å²) in [7, 11) is 2.26. The van der Waals surface area contributed by atoms with E-state index < -0.39 is 0 Å². The van der Waals surface area contributed by atoms with Gasteiger partial charge in [0, 0.05) is 24.8 Å². The number of hydrogen-bond acceptors (Lipinski definition) is 4. The molecule has 2 heterocycles. The summed E-state index contributed by atoms with van der Waals surface area (Å²) in [5.41, 5.74) is 8.26. The number of likely N-dealkylation sites (tertiary alicyclic amines) is 1. The zero-order chi connectivity index (χ0) is 14.1. The Labute approximate surface area is 120 Å². The topological polar surface area (TPSA) is 56.3 Å². The summed E-state index contributed by atoms with van der Waals surface area (Å²) >= 11 is 0. The van der Waals surface area contributed by atoms with Gasteiger partial charge in [0.2, 0.25) is 0 Å². The second-order valence-corrected chi connectivity index (χ2v) is 6.07. The molecule has 0 saturated carbocycles. The largest absolute Gasteiger partial charge is 0.398 e. The van der Waals surface area contributed by atoms with E-state index in [9.17, 15) is 0 Å². The molecule has 0 bridgehead atoms. The molecule has 2 aliphatic heterocycles. The molecule has 0 aromatic heterocycles. The summed E-state index contributed by atoms with van der Waals surface area (Å²) in [5, 5.41) is 8.95. The van der Waals surface area contributed by atoms with Crippen molar-refractivity contribution in [3.05, 3.63) is 23.8 Å². The standard InChI is InChI=1S/C16H22N4/c1-19-7-2-3-13-11-20(8-6-16(13)19)14-5-4-12(10-17)15(18)9-14/h4-5,9,13,16H,2-3,6-8,11,18H2,1H3. The van der Waals surface area contributed by atoms with E-state index in [1.807, 2.05) is 18.2 Å². The Bertz CT molecular complexity index is 534. The smallest absolute Gasteiger partial charge is 0.101 e. The molecule has 2 unspecified atom stereocenters. The van der Waals surface area contributed by atoms with Gasteiger partial charge in [-0.15, -0.1) is 0 Å². The van der Waals surface area contributed by atoms with E-state index in [0.29, 0.717) is 11.3 Å². The number of nitrogens with zero attached hydrogens (tertiary/aromatic N) is 3. The lowest BCUT2D eigenvalue weighted by Crippen LogP contribution is -2.52. The first-order valence-corrected chi connectivity index (χ1v) is 7.44. The van der Waals surface area contributed by atoms with Gasteiger partial charge >= 0.3 is 0 Å². The van der Waals surface area contributed by atoms with Gasteiger partial charge in [0.15, 0.2) is 0 Å². The van der Waals surface area contributed by atoms with E-state index in [-0.39, 0.29) is 0 Å². The van der Waals surface area contributed by atoms with Crippen LogP contribution in [-0.2, 0) is 0 Å². The number of piperidine rings is 2. The van der Waals surface area contributed by atoms with Crippen molar-refractivity contribution < 1.29 is 0 Å². The van der Waals surface area contributed by atoms with Gasteiger partial charge in [-0.3, -0.25) is 0 Å². The molecule has 1 aromatic carbocycles. The molecular weight excluding hydrogens is 248 g/mol. The molecule has 106 valence electrons. The van der Waals surface area contributed by atoms with Crippen LogP contribution in [0.15, 0.2) is 18.2 Å². The summed E-state index contributed by atoms with van der Waals surface area (Å²) in [6.07, 6.45) is 3.86. The molecule has 1 aromatic rings. The van der Waals surface area contributed by atoms with Gasteiger partial charge in [-0.05, 0) is 57.0 Å². The summed E-state index contributed by atoms with van der Waals surface area (Å²) < 4.78 is 0. The lowest BCUT2D eigenvalue weighted by molar-refractivity contribution is 0.102. The third-order valence-electron chi connectivity index (χ3n) is 4.87. The highest BCUT2D eigenvalue weighted by Crippen LogP contribution is 2.32. The van der Waals surface area contributed by atoms with Crippen LogP contribution in [-0.4, -0.2) is 37.6 Å². The maximum absolute atomic E-state index is 8.95. The Morgan fingerprint density at radius 1 is 1.30 bits per heavy atom. The zero-order valence-corrected chi connectivity index (χ0v) is 12.0. The molecule has 2 aliphatic rings. The van der Waals surface area contributed by atoms with Gasteiger partial charge in [0.1, 0.15) is 6.07 Å². The number of nitrogen functional groups attached to an aromatic ring is 1. The number of anilines is 2. The molecular formula is C16H22N4. The number of fused-ring (bicyclic) bond motifs is 1. The highest BCUT2D eigenvalue weighted by atomic mass is 15.2. The van der Waals surface area contributed by atoms with Crippen LogP contribution in [0, 0.1) is 17.2 Å². The third kappa shape index (κ3) is 2.34. The highest BCUT2D eigenvalue weighted by molar-refractivity contribution is 5.63. The van der Waals surface area contributed by atoms with E-state index in [2.05, 4.69) is 22.9 Å². The minimum atomic E-state index is 0.570. The van der Waals surface area contributed by atoms with Crippen LogP contribution in [0.25, 0.3) is 0 Å². The predicted octanol–water partition coefficient (Wildman–Crippen LogP) is 2.06. The fourth-order valence-electron chi connectivity index (χ4n) is 3.74. The normalized spacial score (nSPS) is 26.9. The monoisotopic (exact) mass is 270 g/mol. The van der Waals surface area contributed by atoms with Gasteiger partial charge in [-0.1, -0.05) is 0 Å². The van der Waals surface area contributed by atoms with Crippen LogP contribution in [0.1, 0.15) is 24.8 Å². The van der Waals surface area contributed by atoms with Crippen molar-refractivity contribution in [3.63, 3.8) is 0 Å². The number of benzene rings is 1. The van der Waals surface area contributed by atoms with Crippen LogP contribution in [0.2, 0.25) is 0 Å². The number of nitrogens with two attached hydrogens (primary N) is 1. The first-order chi connectivity index (χ1) is 9.69. The fourth-order valence-corrected chi connectivity index (χ4v) is 3.74. The van der Waals surface area contributed by atoms with Crippen molar-refractivity contribution in [1.29, 1.82) is 5.26 Å². The Morgan fingerprint density at radius 2 is 2.15 bits per heavy atom. The Hall–Kier alpha value is -1.73. The van der Waals surface area contributed by atoms with E-state index in [1.165, 1.54) is 25.8 Å². The van der Waals surface area contributed by atoms with Gasteiger partial charge in [-0.2, -0.15) is 5.26 Å². The summed E-state index contributed by atoms with van der Waals surface area (Å²) in [5.74, 6) is 0.763. The van der Waals surface area contributed by atoms with Crippen LogP contribution < -0.4 is 10.6 Å². The van der Waals surface area contributed by atoms with Gasteiger partial charge < -0.3 is 15.5 Å². The van der Waals surface area contributed by atoms with Crippen molar-refractivity contribution in [3.8, 4) is 6.07 Å². The number of nitriles is 1. The van der Waals surface area contributed by atoms with Crippen LogP contribution in [0.5, 0.6) is 0 Å². The van der Waals surface area contributed by atoms with E-state index >= 15 is 0 Å². The number of hydrogen-bond donors (Lipinski definition) is 1. The first kappa shape index (κ1) is 13.3. The molecule has 4 heteroatoms. The Kier molecular flexibility index (Phi) is 3.54. The Balaban J connectivity index is 1.76. The fraction of sp³-hybridized carbons (Fsp3) is 0.562. The summed E-state index contributed by atoms with van der Waals surface area (Å²) in [4.78, 5) is 4.95. The molecule has 3 rings (SSSR count). The lowest BCUT2D eigenvalue weighted by Gasteiger charge is -2.46.